The van der Waals surface area contributed by atoms with Crippen molar-refractivity contribution in [3.8, 4) is 5.75 Å². The molecule has 0 aliphatic rings. The second-order valence-corrected chi connectivity index (χ2v) is 4.74. The molecule has 1 aromatic rings. The normalized spacial score (nSPS) is 10.6. The molecule has 0 saturated carbocycles. The molecule has 90 valence electrons. The van der Waals surface area contributed by atoms with Crippen LogP contribution in [-0.2, 0) is 4.79 Å². The Labute approximate surface area is 105 Å². The standard InChI is InChI=1S/C13H14O3S/c1-10(15)17-7-3-2-4-11-5-6-13(16)12(8-11)9-14/h2,4-6,8-9,16H,3,7H2,1H3. The number of rotatable bonds is 5. The number of hydrogen-bond acceptors (Lipinski definition) is 4. The number of benzene rings is 1. The van der Waals surface area contributed by atoms with Crippen molar-refractivity contribution in [1.82, 2.24) is 0 Å². The predicted molar refractivity (Wildman–Crippen MR) is 70.3 cm³/mol. The number of hydrogen-bond donors (Lipinski definition) is 1. The van der Waals surface area contributed by atoms with E-state index in [-0.39, 0.29) is 16.4 Å². The average Bonchev–Trinajstić information content (AvgIpc) is 2.30. The van der Waals surface area contributed by atoms with Crippen LogP contribution in [0.5, 0.6) is 5.75 Å². The number of carbonyl (C=O) groups is 2. The third kappa shape index (κ3) is 4.87. The van der Waals surface area contributed by atoms with Crippen molar-refractivity contribution in [3.05, 3.63) is 35.4 Å². The van der Waals surface area contributed by atoms with Gasteiger partial charge in [-0.2, -0.15) is 0 Å². The van der Waals surface area contributed by atoms with E-state index in [0.29, 0.717) is 6.29 Å². The second kappa shape index (κ2) is 6.91. The largest absolute Gasteiger partial charge is 0.507 e. The van der Waals surface area contributed by atoms with Gasteiger partial charge in [0.1, 0.15) is 5.75 Å². The third-order valence-corrected chi connectivity index (χ3v) is 2.93. The summed E-state index contributed by atoms with van der Waals surface area (Å²) in [5.41, 5.74) is 1.14. The topological polar surface area (TPSA) is 54.4 Å². The maximum atomic E-state index is 10.7. The van der Waals surface area contributed by atoms with Crippen LogP contribution in [0.15, 0.2) is 24.3 Å². The van der Waals surface area contributed by atoms with E-state index in [1.54, 1.807) is 19.1 Å². The predicted octanol–water partition coefficient (Wildman–Crippen LogP) is 2.89. The van der Waals surface area contributed by atoms with Crippen molar-refractivity contribution in [3.63, 3.8) is 0 Å². The molecule has 3 nitrogen and oxygen atoms in total. The Morgan fingerprint density at radius 1 is 1.47 bits per heavy atom. The molecule has 0 aliphatic heterocycles. The SMILES string of the molecule is CC(=O)SCCC=Cc1ccc(O)c(C=O)c1. The van der Waals surface area contributed by atoms with Gasteiger partial charge < -0.3 is 5.11 Å². The highest BCUT2D eigenvalue weighted by molar-refractivity contribution is 8.13. The first kappa shape index (κ1) is 13.5. The van der Waals surface area contributed by atoms with Crippen LogP contribution in [0.4, 0.5) is 0 Å². The van der Waals surface area contributed by atoms with Crippen molar-refractivity contribution in [2.75, 3.05) is 5.75 Å². The molecule has 0 saturated heterocycles. The number of carbonyl (C=O) groups excluding carboxylic acids is 2. The van der Waals surface area contributed by atoms with Crippen molar-refractivity contribution < 1.29 is 14.7 Å². The van der Waals surface area contributed by atoms with Crippen LogP contribution in [0.1, 0.15) is 29.3 Å². The van der Waals surface area contributed by atoms with Crippen LogP contribution in [-0.4, -0.2) is 22.3 Å². The summed E-state index contributed by atoms with van der Waals surface area (Å²) in [6.07, 6.45) is 5.23. The first-order chi connectivity index (χ1) is 8.13. The smallest absolute Gasteiger partial charge is 0.185 e. The monoisotopic (exact) mass is 250 g/mol. The fraction of sp³-hybridized carbons (Fsp3) is 0.231. The van der Waals surface area contributed by atoms with Gasteiger partial charge >= 0.3 is 0 Å². The Hall–Kier alpha value is -1.55. The van der Waals surface area contributed by atoms with Gasteiger partial charge in [-0.25, -0.2) is 0 Å². The van der Waals surface area contributed by atoms with Crippen molar-refractivity contribution in [1.29, 1.82) is 0 Å². The van der Waals surface area contributed by atoms with Gasteiger partial charge in [-0.3, -0.25) is 9.59 Å². The highest BCUT2D eigenvalue weighted by Gasteiger charge is 1.99. The van der Waals surface area contributed by atoms with Crippen LogP contribution in [0, 0.1) is 0 Å². The van der Waals surface area contributed by atoms with Gasteiger partial charge in [-0.1, -0.05) is 30.0 Å². The van der Waals surface area contributed by atoms with E-state index in [0.717, 1.165) is 17.7 Å². The van der Waals surface area contributed by atoms with E-state index in [9.17, 15) is 14.7 Å². The van der Waals surface area contributed by atoms with Gasteiger partial charge in [-0.05, 0) is 24.1 Å². The number of thioether (sulfide) groups is 1. The highest BCUT2D eigenvalue weighted by atomic mass is 32.2. The molecular formula is C13H14O3S. The summed E-state index contributed by atoms with van der Waals surface area (Å²) in [5.74, 6) is 0.744. The second-order valence-electron chi connectivity index (χ2n) is 3.47. The maximum Gasteiger partial charge on any atom is 0.185 e. The molecule has 0 aromatic heterocycles. The number of allylic oxidation sites excluding steroid dienone is 1. The number of phenolic OH excluding ortho intramolecular Hbond substituents is 1. The van der Waals surface area contributed by atoms with Crippen molar-refractivity contribution in [2.45, 2.75) is 13.3 Å². The maximum absolute atomic E-state index is 10.7. The van der Waals surface area contributed by atoms with E-state index in [1.165, 1.54) is 17.8 Å². The van der Waals surface area contributed by atoms with E-state index in [4.69, 9.17) is 0 Å². The molecule has 1 rings (SSSR count). The summed E-state index contributed by atoms with van der Waals surface area (Å²) >= 11 is 1.29. The lowest BCUT2D eigenvalue weighted by Crippen LogP contribution is -1.84. The molecule has 1 aromatic carbocycles. The summed E-state index contributed by atoms with van der Waals surface area (Å²) in [6, 6.07) is 4.85. The summed E-state index contributed by atoms with van der Waals surface area (Å²) in [4.78, 5) is 21.3. The average molecular weight is 250 g/mol. The Kier molecular flexibility index (Phi) is 5.49. The summed E-state index contributed by atoms with van der Waals surface area (Å²) < 4.78 is 0. The number of phenols is 1. The summed E-state index contributed by atoms with van der Waals surface area (Å²) in [6.45, 7) is 1.55. The van der Waals surface area contributed by atoms with Gasteiger partial charge in [-0.15, -0.1) is 0 Å². The lowest BCUT2D eigenvalue weighted by Gasteiger charge is -1.98. The molecule has 0 atom stereocenters. The van der Waals surface area contributed by atoms with Crippen LogP contribution >= 0.6 is 11.8 Å². The number of aldehydes is 1. The van der Waals surface area contributed by atoms with Crippen LogP contribution in [0.3, 0.4) is 0 Å². The third-order valence-electron chi connectivity index (χ3n) is 2.08. The van der Waals surface area contributed by atoms with Crippen LogP contribution in [0.25, 0.3) is 6.08 Å². The minimum Gasteiger partial charge on any atom is -0.507 e. The molecule has 0 aliphatic carbocycles. The molecule has 0 heterocycles. The minimum absolute atomic E-state index is 0.00992. The Morgan fingerprint density at radius 2 is 2.24 bits per heavy atom. The van der Waals surface area contributed by atoms with E-state index < -0.39 is 0 Å². The molecule has 0 unspecified atom stereocenters. The zero-order chi connectivity index (χ0) is 12.7. The molecule has 17 heavy (non-hydrogen) atoms. The summed E-state index contributed by atoms with van der Waals surface area (Å²) in [5, 5.41) is 9.43. The lowest BCUT2D eigenvalue weighted by atomic mass is 10.1. The first-order valence-corrected chi connectivity index (χ1v) is 6.20. The van der Waals surface area contributed by atoms with Crippen molar-refractivity contribution >= 4 is 29.2 Å². The fourth-order valence-corrected chi connectivity index (χ4v) is 1.80. The van der Waals surface area contributed by atoms with Gasteiger partial charge in [0.15, 0.2) is 11.4 Å². The van der Waals surface area contributed by atoms with E-state index in [2.05, 4.69) is 0 Å². The zero-order valence-electron chi connectivity index (χ0n) is 9.55. The number of aromatic hydroxyl groups is 1. The Morgan fingerprint density at radius 3 is 2.88 bits per heavy atom. The van der Waals surface area contributed by atoms with Crippen molar-refractivity contribution in [2.24, 2.45) is 0 Å². The molecule has 0 bridgehead atoms. The Balaban J connectivity index is 2.53. The zero-order valence-corrected chi connectivity index (χ0v) is 10.4. The molecular weight excluding hydrogens is 236 g/mol. The lowest BCUT2D eigenvalue weighted by molar-refractivity contribution is -0.109. The first-order valence-electron chi connectivity index (χ1n) is 5.21. The van der Waals surface area contributed by atoms with Crippen LogP contribution in [0.2, 0.25) is 0 Å². The fourth-order valence-electron chi connectivity index (χ4n) is 1.26. The molecule has 0 fully saturated rings. The van der Waals surface area contributed by atoms with Gasteiger partial charge in [0.25, 0.3) is 0 Å². The highest BCUT2D eigenvalue weighted by Crippen LogP contribution is 2.17. The molecule has 4 heteroatoms. The van der Waals surface area contributed by atoms with Gasteiger partial charge in [0.2, 0.25) is 0 Å². The van der Waals surface area contributed by atoms with Gasteiger partial charge in [0, 0.05) is 12.7 Å². The molecule has 0 spiro atoms. The quantitative estimate of drug-likeness (QED) is 0.645. The minimum atomic E-state index is -0.00992. The molecule has 0 amide bonds. The summed E-state index contributed by atoms with van der Waals surface area (Å²) in [7, 11) is 0. The molecule has 1 N–H and O–H groups in total. The van der Waals surface area contributed by atoms with Crippen LogP contribution < -0.4 is 0 Å². The Bertz CT molecular complexity index is 438. The van der Waals surface area contributed by atoms with E-state index in [1.807, 2.05) is 12.2 Å². The molecule has 0 radical (unpaired) electrons. The van der Waals surface area contributed by atoms with Gasteiger partial charge in [0.05, 0.1) is 5.56 Å². The van der Waals surface area contributed by atoms with E-state index >= 15 is 0 Å².